The Labute approximate surface area is 172 Å². The summed E-state index contributed by atoms with van der Waals surface area (Å²) in [5.41, 5.74) is -0.107. The van der Waals surface area contributed by atoms with E-state index in [4.69, 9.17) is 11.6 Å². The minimum atomic E-state index is -4.38. The molecule has 1 unspecified atom stereocenters. The van der Waals surface area contributed by atoms with Gasteiger partial charge in [-0.1, -0.05) is 17.7 Å². The summed E-state index contributed by atoms with van der Waals surface area (Å²) >= 11 is 8.69. The predicted octanol–water partition coefficient (Wildman–Crippen LogP) is 3.42. The van der Waals surface area contributed by atoms with E-state index in [-0.39, 0.29) is 24.0 Å². The maximum absolute atomic E-state index is 14.0. The van der Waals surface area contributed by atoms with Gasteiger partial charge in [-0.2, -0.15) is 0 Å². The highest BCUT2D eigenvalue weighted by atomic mass is 79.9. The first-order valence-electron chi connectivity index (χ1n) is 7.73. The molecule has 1 atom stereocenters. The number of sulfonamides is 1. The van der Waals surface area contributed by atoms with Crippen LogP contribution in [0.3, 0.4) is 0 Å². The summed E-state index contributed by atoms with van der Waals surface area (Å²) in [6.45, 7) is -0.636. The maximum atomic E-state index is 14.0. The zero-order chi connectivity index (χ0) is 21.1. The molecule has 28 heavy (non-hydrogen) atoms. The summed E-state index contributed by atoms with van der Waals surface area (Å²) in [7, 11) is -4.38. The van der Waals surface area contributed by atoms with Gasteiger partial charge in [-0.15, -0.1) is 0 Å². The Kier molecular flexibility index (Phi) is 7.46. The van der Waals surface area contributed by atoms with E-state index < -0.39 is 48.1 Å². The molecule has 0 bridgehead atoms. The van der Waals surface area contributed by atoms with Gasteiger partial charge in [-0.3, -0.25) is 10.1 Å². The van der Waals surface area contributed by atoms with Crippen LogP contribution in [0.15, 0.2) is 39.7 Å². The van der Waals surface area contributed by atoms with Crippen LogP contribution in [-0.4, -0.2) is 31.6 Å². The molecule has 2 rings (SSSR count). The normalized spacial score (nSPS) is 12.8. The average Bonchev–Trinajstić information content (AvgIpc) is 2.62. The summed E-state index contributed by atoms with van der Waals surface area (Å²) in [4.78, 5) is 8.97. The van der Waals surface area contributed by atoms with Gasteiger partial charge in [0.05, 0.1) is 15.5 Å². The largest absolute Gasteiger partial charge is 0.396 e. The summed E-state index contributed by atoms with van der Waals surface area (Å²) in [5.74, 6) is -2.37. The molecule has 0 heterocycles. The number of nitrogens with one attached hydrogen (secondary N) is 1. The molecule has 0 radical (unpaired) electrons. The van der Waals surface area contributed by atoms with Gasteiger partial charge >= 0.3 is 0 Å². The molecule has 0 spiro atoms. The minimum Gasteiger partial charge on any atom is -0.396 e. The fraction of sp³-hybridized carbons (Fsp3) is 0.250. The van der Waals surface area contributed by atoms with Crippen molar-refractivity contribution in [3.63, 3.8) is 0 Å². The SMILES string of the molecule is O=[N+]([O-])c1cc(F)c(S(=O)(=O)NCC(CO)Cc2ccc(F)c(Br)c2)cc1Cl. The molecule has 2 aromatic rings. The van der Waals surface area contributed by atoms with Crippen LogP contribution in [0.25, 0.3) is 0 Å². The van der Waals surface area contributed by atoms with Crippen LogP contribution in [0.1, 0.15) is 5.56 Å². The van der Waals surface area contributed by atoms with Crippen molar-refractivity contribution >= 4 is 43.2 Å². The number of nitrogens with zero attached hydrogens (tertiary/aromatic N) is 1. The van der Waals surface area contributed by atoms with Crippen molar-refractivity contribution in [2.75, 3.05) is 13.2 Å². The standard InChI is InChI=1S/C16H14BrClF2N2O5S/c17-11-4-9(1-2-13(11)19)3-10(8-23)7-21-28(26,27)16-5-12(18)15(22(24)25)6-14(16)20/h1-2,4-6,10,21,23H,3,7-8H2. The summed E-state index contributed by atoms with van der Waals surface area (Å²) in [6, 6.07) is 5.31. The van der Waals surface area contributed by atoms with Crippen molar-refractivity contribution < 1.29 is 27.2 Å². The number of rotatable bonds is 8. The molecular weight excluding hydrogens is 486 g/mol. The van der Waals surface area contributed by atoms with E-state index in [1.54, 1.807) is 0 Å². The molecule has 2 N–H and O–H groups in total. The zero-order valence-electron chi connectivity index (χ0n) is 14.0. The molecule has 152 valence electrons. The Morgan fingerprint density at radius 1 is 1.25 bits per heavy atom. The van der Waals surface area contributed by atoms with E-state index in [1.165, 1.54) is 18.2 Å². The Morgan fingerprint density at radius 2 is 1.93 bits per heavy atom. The lowest BCUT2D eigenvalue weighted by molar-refractivity contribution is -0.384. The van der Waals surface area contributed by atoms with Crippen LogP contribution in [0, 0.1) is 27.7 Å². The summed E-state index contributed by atoms with van der Waals surface area (Å²) in [5, 5.41) is 19.7. The summed E-state index contributed by atoms with van der Waals surface area (Å²) in [6.07, 6.45) is 0.224. The number of hydrogen-bond acceptors (Lipinski definition) is 5. The van der Waals surface area contributed by atoms with Crippen LogP contribution in [0.5, 0.6) is 0 Å². The lowest BCUT2D eigenvalue weighted by Gasteiger charge is -2.16. The van der Waals surface area contributed by atoms with E-state index >= 15 is 0 Å². The van der Waals surface area contributed by atoms with Gasteiger partial charge in [0.15, 0.2) is 0 Å². The number of nitro benzene ring substituents is 1. The van der Waals surface area contributed by atoms with E-state index in [1.807, 2.05) is 0 Å². The van der Waals surface area contributed by atoms with Crippen molar-refractivity contribution in [3.8, 4) is 0 Å². The molecule has 0 saturated carbocycles. The Morgan fingerprint density at radius 3 is 2.50 bits per heavy atom. The lowest BCUT2D eigenvalue weighted by Crippen LogP contribution is -2.32. The third kappa shape index (κ3) is 5.45. The summed E-state index contributed by atoms with van der Waals surface area (Å²) < 4.78 is 54.4. The van der Waals surface area contributed by atoms with Crippen molar-refractivity contribution in [1.82, 2.24) is 4.72 Å². The predicted molar refractivity (Wildman–Crippen MR) is 102 cm³/mol. The highest BCUT2D eigenvalue weighted by Gasteiger charge is 2.25. The van der Waals surface area contributed by atoms with Gasteiger partial charge in [-0.05, 0) is 52.0 Å². The molecule has 0 aromatic heterocycles. The fourth-order valence-corrected chi connectivity index (χ4v) is 4.29. The number of nitro groups is 1. The monoisotopic (exact) mass is 498 g/mol. The van der Waals surface area contributed by atoms with Gasteiger partial charge in [0.2, 0.25) is 10.0 Å². The van der Waals surface area contributed by atoms with E-state index in [0.717, 1.165) is 0 Å². The first-order valence-corrected chi connectivity index (χ1v) is 10.4. The van der Waals surface area contributed by atoms with Gasteiger partial charge in [0.1, 0.15) is 21.6 Å². The van der Waals surface area contributed by atoms with Crippen molar-refractivity contribution in [2.45, 2.75) is 11.3 Å². The average molecular weight is 500 g/mol. The van der Waals surface area contributed by atoms with Gasteiger partial charge < -0.3 is 5.11 Å². The van der Waals surface area contributed by atoms with Crippen LogP contribution < -0.4 is 4.72 Å². The van der Waals surface area contributed by atoms with Gasteiger partial charge in [0, 0.05) is 13.2 Å². The Hall–Kier alpha value is -1.66. The molecule has 7 nitrogen and oxygen atoms in total. The van der Waals surface area contributed by atoms with Crippen LogP contribution >= 0.6 is 27.5 Å². The third-order valence-corrected chi connectivity index (χ3v) is 6.17. The number of hydrogen-bond donors (Lipinski definition) is 2. The van der Waals surface area contributed by atoms with Gasteiger partial charge in [0.25, 0.3) is 5.69 Å². The second kappa shape index (κ2) is 9.23. The highest BCUT2D eigenvalue weighted by Crippen LogP contribution is 2.29. The smallest absolute Gasteiger partial charge is 0.290 e. The van der Waals surface area contributed by atoms with Gasteiger partial charge in [-0.25, -0.2) is 21.9 Å². The van der Waals surface area contributed by atoms with Crippen molar-refractivity contribution in [1.29, 1.82) is 0 Å². The zero-order valence-corrected chi connectivity index (χ0v) is 17.2. The number of halogens is 4. The molecule has 0 amide bonds. The van der Waals surface area contributed by atoms with Crippen molar-refractivity contribution in [2.24, 2.45) is 5.92 Å². The quantitative estimate of drug-likeness (QED) is 0.427. The van der Waals surface area contributed by atoms with Crippen LogP contribution in [0.2, 0.25) is 5.02 Å². The molecule has 0 saturated heterocycles. The third-order valence-electron chi connectivity index (χ3n) is 3.82. The maximum Gasteiger partial charge on any atom is 0.290 e. The second-order valence-corrected chi connectivity index (χ2v) is 8.84. The first kappa shape index (κ1) is 22.6. The molecule has 2 aromatic carbocycles. The highest BCUT2D eigenvalue weighted by molar-refractivity contribution is 9.10. The van der Waals surface area contributed by atoms with Crippen molar-refractivity contribution in [3.05, 3.63) is 67.1 Å². The van der Waals surface area contributed by atoms with Crippen LogP contribution in [0.4, 0.5) is 14.5 Å². The fourth-order valence-electron chi connectivity index (χ4n) is 2.37. The number of aliphatic hydroxyl groups is 1. The Bertz CT molecular complexity index is 1010. The molecule has 0 aliphatic rings. The molecule has 0 fully saturated rings. The molecular formula is C16H14BrClF2N2O5S. The topological polar surface area (TPSA) is 110 Å². The number of benzene rings is 2. The molecule has 0 aliphatic heterocycles. The van der Waals surface area contributed by atoms with E-state index in [2.05, 4.69) is 20.7 Å². The molecule has 0 aliphatic carbocycles. The van der Waals surface area contributed by atoms with E-state index in [9.17, 15) is 32.4 Å². The Balaban J connectivity index is 2.15. The lowest BCUT2D eigenvalue weighted by atomic mass is 10.0. The number of aliphatic hydroxyl groups excluding tert-OH is 1. The second-order valence-electron chi connectivity index (χ2n) is 5.84. The van der Waals surface area contributed by atoms with E-state index in [0.29, 0.717) is 17.7 Å². The first-order chi connectivity index (χ1) is 13.0. The van der Waals surface area contributed by atoms with Crippen LogP contribution in [-0.2, 0) is 16.4 Å². The molecule has 12 heteroatoms. The minimum absolute atomic E-state index is 0.224.